The number of carbonyl (C=O) groups is 1. The lowest BCUT2D eigenvalue weighted by Crippen LogP contribution is -2.32. The van der Waals surface area contributed by atoms with Gasteiger partial charge in [-0.2, -0.15) is 0 Å². The minimum atomic E-state index is -0.627. The van der Waals surface area contributed by atoms with Crippen LogP contribution in [0.25, 0.3) is 0 Å². The Labute approximate surface area is 75.9 Å². The molecule has 2 aliphatic heterocycles. The van der Waals surface area contributed by atoms with E-state index >= 15 is 0 Å². The van der Waals surface area contributed by atoms with E-state index in [4.69, 9.17) is 14.2 Å². The summed E-state index contributed by atoms with van der Waals surface area (Å²) in [5.74, 6) is -0.584. The Morgan fingerprint density at radius 3 is 2.54 bits per heavy atom. The van der Waals surface area contributed by atoms with Gasteiger partial charge in [-0.15, -0.1) is 0 Å². The summed E-state index contributed by atoms with van der Waals surface area (Å²) in [6.07, 6.45) is -1.16. The monoisotopic (exact) mass is 188 g/mol. The van der Waals surface area contributed by atoms with Crippen molar-refractivity contribution in [2.75, 3.05) is 13.2 Å². The Morgan fingerprint density at radius 2 is 2.08 bits per heavy atom. The molecule has 2 aliphatic rings. The summed E-state index contributed by atoms with van der Waals surface area (Å²) in [5, 5.41) is 0. The van der Waals surface area contributed by atoms with Gasteiger partial charge < -0.3 is 18.9 Å². The second-order valence-electron chi connectivity index (χ2n) is 3.58. The highest BCUT2D eigenvalue weighted by molar-refractivity contribution is 5.61. The first-order chi connectivity index (χ1) is 6.07. The molecule has 0 N–H and O–H groups in total. The molecule has 2 atom stereocenters. The third kappa shape index (κ3) is 1.76. The van der Waals surface area contributed by atoms with Crippen molar-refractivity contribution in [3.63, 3.8) is 0 Å². The lowest BCUT2D eigenvalue weighted by atomic mass is 10.2. The second kappa shape index (κ2) is 2.85. The Balaban J connectivity index is 1.93. The number of hydrogen-bond donors (Lipinski definition) is 0. The van der Waals surface area contributed by atoms with Gasteiger partial charge >= 0.3 is 6.16 Å². The predicted molar refractivity (Wildman–Crippen MR) is 41.1 cm³/mol. The van der Waals surface area contributed by atoms with E-state index in [1.807, 2.05) is 13.8 Å². The lowest BCUT2D eigenvalue weighted by Gasteiger charge is -2.18. The number of cyclic esters (lactones) is 2. The molecular weight excluding hydrogens is 176 g/mol. The summed E-state index contributed by atoms with van der Waals surface area (Å²) in [6, 6.07) is 0. The van der Waals surface area contributed by atoms with Gasteiger partial charge in [0, 0.05) is 0 Å². The third-order valence-corrected chi connectivity index (χ3v) is 2.06. The van der Waals surface area contributed by atoms with Crippen LogP contribution >= 0.6 is 0 Å². The van der Waals surface area contributed by atoms with Gasteiger partial charge in [-0.25, -0.2) is 4.79 Å². The van der Waals surface area contributed by atoms with Crippen LogP contribution in [-0.2, 0) is 18.9 Å². The number of ether oxygens (including phenoxy) is 4. The summed E-state index contributed by atoms with van der Waals surface area (Å²) < 4.78 is 20.4. The molecular formula is C8H12O5. The molecule has 0 bridgehead atoms. The molecule has 0 aromatic rings. The third-order valence-electron chi connectivity index (χ3n) is 2.06. The minimum Gasteiger partial charge on any atom is -0.430 e. The van der Waals surface area contributed by atoms with E-state index < -0.39 is 11.9 Å². The number of carbonyl (C=O) groups excluding carboxylic acids is 1. The van der Waals surface area contributed by atoms with Crippen molar-refractivity contribution < 1.29 is 23.7 Å². The van der Waals surface area contributed by atoms with E-state index in [0.717, 1.165) is 0 Å². The van der Waals surface area contributed by atoms with Crippen LogP contribution in [-0.4, -0.2) is 37.4 Å². The molecule has 5 nitrogen and oxygen atoms in total. The Hall–Kier alpha value is -0.810. The first-order valence-corrected chi connectivity index (χ1v) is 4.22. The van der Waals surface area contributed by atoms with Crippen LogP contribution in [0.1, 0.15) is 13.8 Å². The van der Waals surface area contributed by atoms with E-state index in [2.05, 4.69) is 4.74 Å². The molecule has 0 saturated carbocycles. The maximum absolute atomic E-state index is 10.6. The van der Waals surface area contributed by atoms with Crippen molar-refractivity contribution in [3.05, 3.63) is 0 Å². The Kier molecular flexibility index (Phi) is 1.92. The van der Waals surface area contributed by atoms with Crippen molar-refractivity contribution >= 4 is 6.16 Å². The summed E-state index contributed by atoms with van der Waals surface area (Å²) in [7, 11) is 0. The zero-order valence-electron chi connectivity index (χ0n) is 7.61. The number of hydrogen-bond acceptors (Lipinski definition) is 5. The summed E-state index contributed by atoms with van der Waals surface area (Å²) in [4.78, 5) is 10.6. The Morgan fingerprint density at radius 1 is 1.31 bits per heavy atom. The lowest BCUT2D eigenvalue weighted by molar-refractivity contribution is -0.148. The maximum Gasteiger partial charge on any atom is 0.508 e. The topological polar surface area (TPSA) is 54.0 Å². The second-order valence-corrected chi connectivity index (χ2v) is 3.58. The molecule has 0 radical (unpaired) electrons. The normalized spacial score (nSPS) is 37.2. The van der Waals surface area contributed by atoms with Crippen LogP contribution in [0.15, 0.2) is 0 Å². The minimum absolute atomic E-state index is 0.207. The van der Waals surface area contributed by atoms with Crippen LogP contribution in [0.3, 0.4) is 0 Å². The molecule has 2 saturated heterocycles. The van der Waals surface area contributed by atoms with Crippen LogP contribution in [0.2, 0.25) is 0 Å². The van der Waals surface area contributed by atoms with Crippen molar-refractivity contribution in [3.8, 4) is 0 Å². The number of rotatable bonds is 1. The smallest absolute Gasteiger partial charge is 0.430 e. The SMILES string of the molecule is CC1(C)OC[C@@H]([C@@H]2COC(=O)O2)O1. The molecule has 0 aliphatic carbocycles. The molecule has 0 spiro atoms. The zero-order chi connectivity index (χ0) is 9.47. The van der Waals surface area contributed by atoms with E-state index in [0.29, 0.717) is 6.61 Å². The van der Waals surface area contributed by atoms with Gasteiger partial charge in [0.1, 0.15) is 12.7 Å². The van der Waals surface area contributed by atoms with Crippen LogP contribution in [0.4, 0.5) is 4.79 Å². The molecule has 2 heterocycles. The molecule has 5 heteroatoms. The fourth-order valence-corrected chi connectivity index (χ4v) is 1.42. The van der Waals surface area contributed by atoms with Crippen LogP contribution < -0.4 is 0 Å². The Bertz CT molecular complexity index is 225. The highest BCUT2D eigenvalue weighted by Crippen LogP contribution is 2.27. The highest BCUT2D eigenvalue weighted by atomic mass is 16.8. The zero-order valence-corrected chi connectivity index (χ0v) is 7.61. The maximum atomic E-state index is 10.6. The fourth-order valence-electron chi connectivity index (χ4n) is 1.42. The molecule has 74 valence electrons. The van der Waals surface area contributed by atoms with Crippen LogP contribution in [0, 0.1) is 0 Å². The van der Waals surface area contributed by atoms with Crippen molar-refractivity contribution in [2.24, 2.45) is 0 Å². The van der Waals surface area contributed by atoms with Gasteiger partial charge in [0.25, 0.3) is 0 Å². The van der Waals surface area contributed by atoms with Crippen molar-refractivity contribution in [1.29, 1.82) is 0 Å². The quantitative estimate of drug-likeness (QED) is 0.566. The van der Waals surface area contributed by atoms with Gasteiger partial charge in [0.2, 0.25) is 0 Å². The van der Waals surface area contributed by atoms with E-state index in [-0.39, 0.29) is 18.8 Å². The van der Waals surface area contributed by atoms with Gasteiger partial charge in [-0.3, -0.25) is 0 Å². The molecule has 0 aromatic heterocycles. The molecule has 13 heavy (non-hydrogen) atoms. The highest BCUT2D eigenvalue weighted by Gasteiger charge is 2.42. The largest absolute Gasteiger partial charge is 0.508 e. The molecule has 0 aromatic carbocycles. The van der Waals surface area contributed by atoms with Gasteiger partial charge in [0.15, 0.2) is 11.9 Å². The summed E-state index contributed by atoms with van der Waals surface area (Å²) in [5.41, 5.74) is 0. The molecule has 0 unspecified atom stereocenters. The van der Waals surface area contributed by atoms with Crippen molar-refractivity contribution in [1.82, 2.24) is 0 Å². The average Bonchev–Trinajstić information content (AvgIpc) is 2.56. The first-order valence-electron chi connectivity index (χ1n) is 4.22. The first kappa shape index (κ1) is 8.77. The average molecular weight is 188 g/mol. The van der Waals surface area contributed by atoms with E-state index in [9.17, 15) is 4.79 Å². The summed E-state index contributed by atoms with van der Waals surface area (Å²) in [6.45, 7) is 4.34. The van der Waals surface area contributed by atoms with E-state index in [1.54, 1.807) is 0 Å². The summed E-state index contributed by atoms with van der Waals surface area (Å²) >= 11 is 0. The van der Waals surface area contributed by atoms with Gasteiger partial charge in [-0.05, 0) is 13.8 Å². The fraction of sp³-hybridized carbons (Fsp3) is 0.875. The van der Waals surface area contributed by atoms with Crippen molar-refractivity contribution in [2.45, 2.75) is 31.8 Å². The van der Waals surface area contributed by atoms with Gasteiger partial charge in [0.05, 0.1) is 6.61 Å². The standard InChI is InChI=1S/C8H12O5/c1-8(2)11-4-6(13-8)5-3-10-7(9)12-5/h5-6H,3-4H2,1-2H3/t5-,6-/m0/s1. The molecule has 2 fully saturated rings. The van der Waals surface area contributed by atoms with Crippen LogP contribution in [0.5, 0.6) is 0 Å². The van der Waals surface area contributed by atoms with Gasteiger partial charge in [-0.1, -0.05) is 0 Å². The molecule has 2 rings (SSSR count). The van der Waals surface area contributed by atoms with E-state index in [1.165, 1.54) is 0 Å². The predicted octanol–water partition coefficient (Wildman–Crippen LogP) is 0.673. The molecule has 0 amide bonds.